The molecule has 1 aliphatic rings. The summed E-state index contributed by atoms with van der Waals surface area (Å²) in [6.07, 6.45) is 7.72. The van der Waals surface area contributed by atoms with E-state index in [0.29, 0.717) is 16.8 Å². The molecule has 1 N–H and O–H groups in total. The molecule has 0 aromatic carbocycles. The van der Waals surface area contributed by atoms with Gasteiger partial charge < -0.3 is 9.84 Å². The Balaban J connectivity index is 1.46. The van der Waals surface area contributed by atoms with Gasteiger partial charge in [0.05, 0.1) is 35.8 Å². The molecule has 0 spiro atoms. The van der Waals surface area contributed by atoms with Crippen molar-refractivity contribution in [2.24, 2.45) is 0 Å². The molecule has 1 aliphatic carbocycles. The lowest BCUT2D eigenvalue weighted by molar-refractivity contribution is 0.0684. The van der Waals surface area contributed by atoms with Gasteiger partial charge in [-0.1, -0.05) is 18.9 Å². The number of nitriles is 1. The number of pyridine rings is 2. The molecular weight excluding hydrogens is 435 g/mol. The van der Waals surface area contributed by atoms with Crippen LogP contribution in [-0.4, -0.2) is 35.6 Å². The van der Waals surface area contributed by atoms with Crippen LogP contribution in [0, 0.1) is 24.1 Å². The highest BCUT2D eigenvalue weighted by Crippen LogP contribution is 2.33. The maximum Gasteiger partial charge on any atom is 0.252 e. The van der Waals surface area contributed by atoms with Crippen LogP contribution >= 0.6 is 0 Å². The van der Waals surface area contributed by atoms with E-state index in [0.717, 1.165) is 48.7 Å². The summed E-state index contributed by atoms with van der Waals surface area (Å²) in [7, 11) is 0. The zero-order valence-electron chi connectivity index (χ0n) is 19.0. The third-order valence-corrected chi connectivity index (χ3v) is 6.53. The molecular formula is C25H25FN6O2. The van der Waals surface area contributed by atoms with Crippen LogP contribution < -0.4 is 4.74 Å². The number of rotatable bonds is 5. The van der Waals surface area contributed by atoms with Crippen LogP contribution in [0.4, 0.5) is 4.39 Å². The van der Waals surface area contributed by atoms with Crippen LogP contribution in [0.25, 0.3) is 16.6 Å². The summed E-state index contributed by atoms with van der Waals surface area (Å²) < 4.78 is 22.7. The second kappa shape index (κ2) is 8.88. The molecule has 0 amide bonds. The number of aliphatic hydroxyl groups is 1. The molecule has 0 saturated heterocycles. The minimum Gasteiger partial charge on any atom is -0.466 e. The summed E-state index contributed by atoms with van der Waals surface area (Å²) in [6.45, 7) is 3.78. The average Bonchev–Trinajstić information content (AvgIpc) is 3.38. The van der Waals surface area contributed by atoms with Crippen LogP contribution in [0.15, 0.2) is 42.9 Å². The maximum absolute atomic E-state index is 13.2. The standard InChI is InChI=1S/C25H25FN6O2/c1-15-20(13-29-32(15)23-5-3-4-6-24(23)33)17-7-10-22-19(11-27)25(30-31(22)14-17)34-16(2)21-9-8-18(26)12-28-21/h7-10,12-14,16,23-24,33H,3-6H2,1-2H3/t16?,23-,24?/m1/s1. The third kappa shape index (κ3) is 3.90. The molecule has 34 heavy (non-hydrogen) atoms. The molecule has 174 valence electrons. The zero-order chi connectivity index (χ0) is 23.8. The average molecular weight is 461 g/mol. The van der Waals surface area contributed by atoms with Crippen molar-refractivity contribution in [3.63, 3.8) is 0 Å². The van der Waals surface area contributed by atoms with Gasteiger partial charge in [-0.05, 0) is 44.9 Å². The molecule has 3 atom stereocenters. The van der Waals surface area contributed by atoms with E-state index in [-0.39, 0.29) is 18.0 Å². The smallest absolute Gasteiger partial charge is 0.252 e. The molecule has 8 nitrogen and oxygen atoms in total. The highest BCUT2D eigenvalue weighted by Gasteiger charge is 2.27. The first-order valence-corrected chi connectivity index (χ1v) is 11.4. The molecule has 1 saturated carbocycles. The first-order chi connectivity index (χ1) is 16.5. The van der Waals surface area contributed by atoms with Crippen molar-refractivity contribution in [3.05, 3.63) is 65.6 Å². The number of halogens is 1. The van der Waals surface area contributed by atoms with E-state index in [2.05, 4.69) is 21.3 Å². The maximum atomic E-state index is 13.2. The van der Waals surface area contributed by atoms with E-state index in [1.165, 1.54) is 6.07 Å². The van der Waals surface area contributed by atoms with Gasteiger partial charge in [0.15, 0.2) is 0 Å². The number of aliphatic hydroxyl groups excluding tert-OH is 1. The van der Waals surface area contributed by atoms with E-state index in [1.54, 1.807) is 17.5 Å². The van der Waals surface area contributed by atoms with Gasteiger partial charge in [-0.3, -0.25) is 9.67 Å². The van der Waals surface area contributed by atoms with E-state index in [9.17, 15) is 14.8 Å². The minimum atomic E-state index is -0.514. The molecule has 4 aromatic rings. The summed E-state index contributed by atoms with van der Waals surface area (Å²) in [5, 5.41) is 29.3. The van der Waals surface area contributed by atoms with Crippen LogP contribution in [0.1, 0.15) is 61.7 Å². The summed E-state index contributed by atoms with van der Waals surface area (Å²) in [5.74, 6) is -0.235. The van der Waals surface area contributed by atoms with Gasteiger partial charge in [0.1, 0.15) is 23.6 Å². The Kier molecular flexibility index (Phi) is 5.75. The fourth-order valence-corrected chi connectivity index (χ4v) is 4.65. The van der Waals surface area contributed by atoms with Gasteiger partial charge in [-0.2, -0.15) is 10.4 Å². The monoisotopic (exact) mass is 460 g/mol. The van der Waals surface area contributed by atoms with Crippen molar-refractivity contribution < 1.29 is 14.2 Å². The van der Waals surface area contributed by atoms with Crippen molar-refractivity contribution in [1.29, 1.82) is 5.26 Å². The Morgan fingerprint density at radius 1 is 1.21 bits per heavy atom. The quantitative estimate of drug-likeness (QED) is 0.470. The summed E-state index contributed by atoms with van der Waals surface area (Å²) in [6, 6.07) is 8.79. The predicted molar refractivity (Wildman–Crippen MR) is 123 cm³/mol. The summed E-state index contributed by atoms with van der Waals surface area (Å²) in [5.41, 5.74) is 4.29. The normalized spacial score (nSPS) is 19.1. The van der Waals surface area contributed by atoms with Crippen molar-refractivity contribution >= 4 is 5.52 Å². The van der Waals surface area contributed by atoms with E-state index in [1.807, 2.05) is 36.1 Å². The fourth-order valence-electron chi connectivity index (χ4n) is 4.65. The van der Waals surface area contributed by atoms with Gasteiger partial charge in [0, 0.05) is 23.0 Å². The first-order valence-electron chi connectivity index (χ1n) is 11.4. The van der Waals surface area contributed by atoms with E-state index >= 15 is 0 Å². The molecule has 1 fully saturated rings. The Morgan fingerprint density at radius 2 is 2.03 bits per heavy atom. The highest BCUT2D eigenvalue weighted by molar-refractivity contribution is 5.71. The molecule has 5 rings (SSSR count). The molecule has 2 unspecified atom stereocenters. The van der Waals surface area contributed by atoms with Crippen molar-refractivity contribution in [2.45, 2.75) is 57.8 Å². The van der Waals surface area contributed by atoms with Crippen molar-refractivity contribution in [2.75, 3.05) is 0 Å². The van der Waals surface area contributed by atoms with Crippen molar-refractivity contribution in [1.82, 2.24) is 24.4 Å². The van der Waals surface area contributed by atoms with Gasteiger partial charge in [0.2, 0.25) is 0 Å². The number of aromatic nitrogens is 5. The Labute approximate surface area is 196 Å². The number of ether oxygens (including phenoxy) is 1. The van der Waals surface area contributed by atoms with E-state index < -0.39 is 11.9 Å². The van der Waals surface area contributed by atoms with E-state index in [4.69, 9.17) is 4.74 Å². The van der Waals surface area contributed by atoms with Crippen LogP contribution in [0.5, 0.6) is 5.88 Å². The lowest BCUT2D eigenvalue weighted by Crippen LogP contribution is -2.28. The van der Waals surface area contributed by atoms with Crippen LogP contribution in [-0.2, 0) is 0 Å². The van der Waals surface area contributed by atoms with Crippen LogP contribution in [0.3, 0.4) is 0 Å². The molecule has 0 aliphatic heterocycles. The molecule has 4 aromatic heterocycles. The van der Waals surface area contributed by atoms with Crippen molar-refractivity contribution in [3.8, 4) is 23.1 Å². The molecule has 4 heterocycles. The Morgan fingerprint density at radius 3 is 2.76 bits per heavy atom. The third-order valence-electron chi connectivity index (χ3n) is 6.53. The minimum absolute atomic E-state index is 0.0114. The largest absolute Gasteiger partial charge is 0.466 e. The Hall–Kier alpha value is -3.77. The number of hydrogen-bond acceptors (Lipinski definition) is 6. The number of nitrogens with zero attached hydrogens (tertiary/aromatic N) is 6. The van der Waals surface area contributed by atoms with Crippen LogP contribution in [0.2, 0.25) is 0 Å². The lowest BCUT2D eigenvalue weighted by Gasteiger charge is -2.28. The lowest BCUT2D eigenvalue weighted by atomic mass is 9.92. The molecule has 0 radical (unpaired) electrons. The molecule has 0 bridgehead atoms. The van der Waals surface area contributed by atoms with Gasteiger partial charge in [-0.25, -0.2) is 8.91 Å². The number of hydrogen-bond donors (Lipinski definition) is 1. The zero-order valence-corrected chi connectivity index (χ0v) is 19.0. The van der Waals surface area contributed by atoms with Gasteiger partial charge in [0.25, 0.3) is 5.88 Å². The van der Waals surface area contributed by atoms with Gasteiger partial charge in [-0.15, -0.1) is 5.10 Å². The topological polar surface area (TPSA) is 101 Å². The second-order valence-corrected chi connectivity index (χ2v) is 8.71. The SMILES string of the molecule is Cc1c(-c2ccc3c(C#N)c(OC(C)c4ccc(F)cn4)nn3c2)cnn1[C@@H]1CCCCC1O. The highest BCUT2D eigenvalue weighted by atomic mass is 19.1. The molecule has 9 heteroatoms. The van der Waals surface area contributed by atoms with Gasteiger partial charge >= 0.3 is 0 Å². The summed E-state index contributed by atoms with van der Waals surface area (Å²) in [4.78, 5) is 4.05. The first kappa shape index (κ1) is 22.0. The summed E-state index contributed by atoms with van der Waals surface area (Å²) >= 11 is 0. The second-order valence-electron chi connectivity index (χ2n) is 8.71. The fraction of sp³-hybridized carbons (Fsp3) is 0.360. The number of fused-ring (bicyclic) bond motifs is 1. The predicted octanol–water partition coefficient (Wildman–Crippen LogP) is 4.53. The Bertz CT molecular complexity index is 1370.